The molecule has 0 atom stereocenters. The average molecular weight is 355 g/mol. The summed E-state index contributed by atoms with van der Waals surface area (Å²) in [6.07, 6.45) is 5.19. The van der Waals surface area contributed by atoms with Gasteiger partial charge in [0.1, 0.15) is 17.2 Å². The zero-order valence-electron chi connectivity index (χ0n) is 15.5. The molecule has 0 aliphatic rings. The van der Waals surface area contributed by atoms with Gasteiger partial charge in [0.25, 0.3) is 0 Å². The number of methoxy groups -OCH3 is 2. The van der Waals surface area contributed by atoms with E-state index in [4.69, 9.17) is 14.2 Å². The molecule has 2 aromatic carbocycles. The van der Waals surface area contributed by atoms with Crippen LogP contribution in [0.5, 0.6) is 17.2 Å². The molecule has 0 heterocycles. The Morgan fingerprint density at radius 1 is 1.04 bits per heavy atom. The number of hydrogen-bond donors (Lipinski definition) is 1. The van der Waals surface area contributed by atoms with Crippen LogP contribution >= 0.6 is 0 Å². The van der Waals surface area contributed by atoms with Gasteiger partial charge in [-0.2, -0.15) is 0 Å². The Balaban J connectivity index is 1.95. The minimum Gasteiger partial charge on any atom is -0.497 e. The first-order valence-electron chi connectivity index (χ1n) is 8.60. The summed E-state index contributed by atoms with van der Waals surface area (Å²) in [7, 11) is 3.18. The van der Waals surface area contributed by atoms with E-state index in [1.807, 2.05) is 24.3 Å². The molecule has 0 saturated carbocycles. The molecule has 0 aliphatic heterocycles. The van der Waals surface area contributed by atoms with Gasteiger partial charge in [0.05, 0.1) is 26.5 Å². The Kier molecular flexibility index (Phi) is 7.55. The van der Waals surface area contributed by atoms with E-state index >= 15 is 0 Å². The van der Waals surface area contributed by atoms with Crippen molar-refractivity contribution in [2.45, 2.75) is 19.8 Å². The smallest absolute Gasteiger partial charge is 0.187 e. The largest absolute Gasteiger partial charge is 0.497 e. The molecule has 138 valence electrons. The molecule has 0 unspecified atom stereocenters. The van der Waals surface area contributed by atoms with Gasteiger partial charge in [-0.1, -0.05) is 13.3 Å². The number of nitrogens with one attached hydrogen (secondary N) is 1. The Morgan fingerprint density at radius 2 is 1.77 bits per heavy atom. The fourth-order valence-corrected chi connectivity index (χ4v) is 2.27. The monoisotopic (exact) mass is 355 g/mol. The highest BCUT2D eigenvalue weighted by Crippen LogP contribution is 2.28. The van der Waals surface area contributed by atoms with Crippen molar-refractivity contribution in [3.05, 3.63) is 60.3 Å². The highest BCUT2D eigenvalue weighted by atomic mass is 16.5. The highest BCUT2D eigenvalue weighted by molar-refractivity contribution is 6.04. The molecule has 0 radical (unpaired) electrons. The summed E-state index contributed by atoms with van der Waals surface area (Å²) in [5.41, 5.74) is 1.35. The number of allylic oxidation sites excluding steroid dienone is 1. The number of benzene rings is 2. The number of rotatable bonds is 10. The van der Waals surface area contributed by atoms with Gasteiger partial charge in [0, 0.05) is 23.9 Å². The first-order chi connectivity index (χ1) is 12.7. The summed E-state index contributed by atoms with van der Waals surface area (Å²) in [4.78, 5) is 12.2. The Morgan fingerprint density at radius 3 is 2.42 bits per heavy atom. The number of carbonyl (C=O) groups is 1. The molecule has 0 spiro atoms. The summed E-state index contributed by atoms with van der Waals surface area (Å²) in [5, 5.41) is 3.06. The molecule has 5 nitrogen and oxygen atoms in total. The van der Waals surface area contributed by atoms with Gasteiger partial charge >= 0.3 is 0 Å². The summed E-state index contributed by atoms with van der Waals surface area (Å²) in [5.74, 6) is 2.02. The number of carbonyl (C=O) groups excluding carboxylic acids is 1. The van der Waals surface area contributed by atoms with E-state index < -0.39 is 0 Å². The van der Waals surface area contributed by atoms with Crippen LogP contribution in [-0.4, -0.2) is 26.6 Å². The van der Waals surface area contributed by atoms with Crippen molar-refractivity contribution < 1.29 is 19.0 Å². The predicted molar refractivity (Wildman–Crippen MR) is 103 cm³/mol. The van der Waals surface area contributed by atoms with Crippen LogP contribution in [0.25, 0.3) is 0 Å². The van der Waals surface area contributed by atoms with E-state index in [-0.39, 0.29) is 5.78 Å². The van der Waals surface area contributed by atoms with Crippen LogP contribution < -0.4 is 19.5 Å². The molecule has 2 aromatic rings. The van der Waals surface area contributed by atoms with E-state index in [1.165, 1.54) is 6.08 Å². The molecule has 0 fully saturated rings. The minimum atomic E-state index is -0.0925. The van der Waals surface area contributed by atoms with Crippen LogP contribution in [0.4, 0.5) is 5.69 Å². The fraction of sp³-hybridized carbons (Fsp3) is 0.286. The molecular formula is C21H25NO4. The van der Waals surface area contributed by atoms with Crippen molar-refractivity contribution in [3.8, 4) is 17.2 Å². The number of unbranched alkanes of at least 4 members (excludes halogenated alkanes) is 1. The number of ketones is 1. The van der Waals surface area contributed by atoms with Crippen LogP contribution in [0.15, 0.2) is 54.7 Å². The lowest BCUT2D eigenvalue weighted by Gasteiger charge is -2.09. The van der Waals surface area contributed by atoms with Crippen LogP contribution in [0.1, 0.15) is 30.1 Å². The second-order valence-electron chi connectivity index (χ2n) is 5.63. The molecule has 5 heteroatoms. The van der Waals surface area contributed by atoms with E-state index in [2.05, 4.69) is 12.2 Å². The van der Waals surface area contributed by atoms with Gasteiger partial charge in [0.15, 0.2) is 5.78 Å². The molecule has 0 aliphatic carbocycles. The number of ether oxygens (including phenoxy) is 3. The number of hydrogen-bond acceptors (Lipinski definition) is 5. The second kappa shape index (κ2) is 10.1. The number of anilines is 1. The van der Waals surface area contributed by atoms with Crippen molar-refractivity contribution in [1.82, 2.24) is 0 Å². The van der Waals surface area contributed by atoms with Crippen molar-refractivity contribution >= 4 is 11.5 Å². The molecule has 0 bridgehead atoms. The topological polar surface area (TPSA) is 56.8 Å². The average Bonchev–Trinajstić information content (AvgIpc) is 2.68. The first kappa shape index (κ1) is 19.4. The Bertz CT molecular complexity index is 738. The molecule has 2 rings (SSSR count). The van der Waals surface area contributed by atoms with Crippen LogP contribution in [0.3, 0.4) is 0 Å². The third-order valence-electron chi connectivity index (χ3n) is 3.79. The summed E-state index contributed by atoms with van der Waals surface area (Å²) in [6, 6.07) is 12.6. The molecule has 26 heavy (non-hydrogen) atoms. The van der Waals surface area contributed by atoms with Crippen molar-refractivity contribution in [3.63, 3.8) is 0 Å². The van der Waals surface area contributed by atoms with E-state index in [1.54, 1.807) is 38.6 Å². The van der Waals surface area contributed by atoms with Gasteiger partial charge < -0.3 is 19.5 Å². The van der Waals surface area contributed by atoms with E-state index in [0.717, 1.165) is 24.3 Å². The standard InChI is InChI=1S/C21H25NO4/c1-4-5-14-26-17-8-6-16(7-9-17)20(23)12-13-22-19-11-10-18(24-2)15-21(19)25-3/h6-13,15,22H,4-5,14H2,1-3H3/b13-12+. The van der Waals surface area contributed by atoms with Crippen molar-refractivity contribution in [2.24, 2.45) is 0 Å². The summed E-state index contributed by atoms with van der Waals surface area (Å²) < 4.78 is 16.1. The molecular weight excluding hydrogens is 330 g/mol. The maximum Gasteiger partial charge on any atom is 0.187 e. The summed E-state index contributed by atoms with van der Waals surface area (Å²) >= 11 is 0. The van der Waals surface area contributed by atoms with Crippen LogP contribution in [0.2, 0.25) is 0 Å². The molecule has 0 aromatic heterocycles. The van der Waals surface area contributed by atoms with Crippen molar-refractivity contribution in [2.75, 3.05) is 26.1 Å². The SMILES string of the molecule is CCCCOc1ccc(C(=O)/C=C/Nc2ccc(OC)cc2OC)cc1. The van der Waals surface area contributed by atoms with Gasteiger partial charge in [-0.15, -0.1) is 0 Å². The van der Waals surface area contributed by atoms with Gasteiger partial charge in [-0.25, -0.2) is 0 Å². The third-order valence-corrected chi connectivity index (χ3v) is 3.79. The normalized spacial score (nSPS) is 10.6. The Hall–Kier alpha value is -2.95. The minimum absolute atomic E-state index is 0.0925. The van der Waals surface area contributed by atoms with Gasteiger partial charge in [-0.05, 0) is 42.8 Å². The quantitative estimate of drug-likeness (QED) is 0.381. The lowest BCUT2D eigenvalue weighted by atomic mass is 10.1. The van der Waals surface area contributed by atoms with Crippen molar-refractivity contribution in [1.29, 1.82) is 0 Å². The van der Waals surface area contributed by atoms with Gasteiger partial charge in [-0.3, -0.25) is 4.79 Å². The maximum atomic E-state index is 12.2. The zero-order valence-corrected chi connectivity index (χ0v) is 15.5. The van der Waals surface area contributed by atoms with E-state index in [0.29, 0.717) is 23.7 Å². The van der Waals surface area contributed by atoms with Crippen LogP contribution in [-0.2, 0) is 0 Å². The molecule has 0 saturated heterocycles. The molecule has 1 N–H and O–H groups in total. The maximum absolute atomic E-state index is 12.2. The Labute approximate surface area is 154 Å². The van der Waals surface area contributed by atoms with Gasteiger partial charge in [0.2, 0.25) is 0 Å². The van der Waals surface area contributed by atoms with E-state index in [9.17, 15) is 4.79 Å². The van der Waals surface area contributed by atoms with Crippen LogP contribution in [0, 0.1) is 0 Å². The summed E-state index contributed by atoms with van der Waals surface area (Å²) in [6.45, 7) is 2.81. The highest BCUT2D eigenvalue weighted by Gasteiger charge is 2.05. The third kappa shape index (κ3) is 5.55. The second-order valence-corrected chi connectivity index (χ2v) is 5.63. The lowest BCUT2D eigenvalue weighted by molar-refractivity contribution is 0.104. The lowest BCUT2D eigenvalue weighted by Crippen LogP contribution is -1.99. The fourth-order valence-electron chi connectivity index (χ4n) is 2.27. The first-order valence-corrected chi connectivity index (χ1v) is 8.60. The zero-order chi connectivity index (χ0) is 18.8. The predicted octanol–water partition coefficient (Wildman–Crippen LogP) is 4.69. The molecule has 0 amide bonds.